The number of nitrogens with one attached hydrogen (secondary N) is 1. The molecule has 2 aliphatic heterocycles. The van der Waals surface area contributed by atoms with Crippen LogP contribution in [-0.4, -0.2) is 44.4 Å². The van der Waals surface area contributed by atoms with Gasteiger partial charge in [-0.3, -0.25) is 4.79 Å². The fourth-order valence-corrected chi connectivity index (χ4v) is 7.57. The van der Waals surface area contributed by atoms with Crippen molar-refractivity contribution in [2.75, 3.05) is 0 Å². The van der Waals surface area contributed by atoms with E-state index >= 15 is 0 Å². The van der Waals surface area contributed by atoms with Gasteiger partial charge in [0, 0.05) is 53.7 Å². The van der Waals surface area contributed by atoms with Crippen LogP contribution in [-0.2, 0) is 4.79 Å². The van der Waals surface area contributed by atoms with Crippen LogP contribution in [0.5, 0.6) is 0 Å². The monoisotopic (exact) mass is 466 g/mol. The van der Waals surface area contributed by atoms with Gasteiger partial charge >= 0.3 is 0 Å². The minimum atomic E-state index is -1.28. The molecule has 0 radical (unpaired) electrons. The van der Waals surface area contributed by atoms with Crippen LogP contribution in [0.3, 0.4) is 0 Å². The van der Waals surface area contributed by atoms with Gasteiger partial charge in [-0.05, 0) is 67.1 Å². The van der Waals surface area contributed by atoms with Gasteiger partial charge in [0.1, 0.15) is 5.76 Å². The summed E-state index contributed by atoms with van der Waals surface area (Å²) in [5.41, 5.74) is 2.75. The van der Waals surface area contributed by atoms with Crippen molar-refractivity contribution in [1.29, 1.82) is 0 Å². The minimum absolute atomic E-state index is 0.0207. The molecule has 4 bridgehead atoms. The zero-order valence-electron chi connectivity index (χ0n) is 19.3. The molecule has 3 aromatic rings. The van der Waals surface area contributed by atoms with Crippen LogP contribution in [0.15, 0.2) is 40.9 Å². The van der Waals surface area contributed by atoms with E-state index in [4.69, 9.17) is 4.42 Å². The number of aromatic nitrogens is 1. The van der Waals surface area contributed by atoms with Crippen molar-refractivity contribution in [3.8, 4) is 11.3 Å². The first-order valence-electron chi connectivity index (χ1n) is 12.3. The minimum Gasteiger partial charge on any atom is -0.431 e. The second kappa shape index (κ2) is 7.95. The highest BCUT2D eigenvalue weighted by molar-refractivity contribution is 5.97. The average molecular weight is 467 g/mol. The number of aliphatic hydroxyl groups is 2. The topological polar surface area (TPSA) is 89.7 Å². The number of amides is 1. The first kappa shape index (κ1) is 21.9. The standard InChI is InChI=1S/C27H31FN2O4/c1-15(20-14-29-21-4-2-3-19(26(20)21)22-5-6-23(28)34-22)7-24(31)30-17-8-16-9-18(30)12-27(10-16,11-17)13-25(32)33/h2-6,14-18,25,29,32-33H,7-13H2,1H3. The molecule has 1 aromatic carbocycles. The predicted molar refractivity (Wildman–Crippen MR) is 125 cm³/mol. The van der Waals surface area contributed by atoms with Gasteiger partial charge in [-0.15, -0.1) is 0 Å². The molecule has 7 heteroatoms. The van der Waals surface area contributed by atoms with E-state index in [0.717, 1.165) is 54.1 Å². The van der Waals surface area contributed by atoms with E-state index in [1.807, 2.05) is 24.4 Å². The second-order valence-corrected chi connectivity index (χ2v) is 10.9. The van der Waals surface area contributed by atoms with Crippen LogP contribution in [0.25, 0.3) is 22.2 Å². The van der Waals surface area contributed by atoms with E-state index < -0.39 is 12.3 Å². The highest BCUT2D eigenvalue weighted by atomic mass is 19.1. The van der Waals surface area contributed by atoms with Crippen LogP contribution in [0, 0.1) is 17.3 Å². The molecule has 34 heavy (non-hydrogen) atoms. The summed E-state index contributed by atoms with van der Waals surface area (Å²) in [6.07, 6.45) is 6.36. The Hall–Kier alpha value is -2.64. The zero-order valence-corrected chi connectivity index (χ0v) is 19.3. The lowest BCUT2D eigenvalue weighted by Crippen LogP contribution is -2.63. The van der Waals surface area contributed by atoms with Crippen molar-refractivity contribution >= 4 is 16.8 Å². The molecule has 4 heterocycles. The molecule has 2 aliphatic carbocycles. The largest absolute Gasteiger partial charge is 0.431 e. The maximum Gasteiger partial charge on any atom is 0.278 e. The number of furan rings is 1. The van der Waals surface area contributed by atoms with Gasteiger partial charge in [-0.25, -0.2) is 0 Å². The summed E-state index contributed by atoms with van der Waals surface area (Å²) in [4.78, 5) is 19.0. The molecular formula is C27H31FN2O4. The molecule has 2 saturated carbocycles. The van der Waals surface area contributed by atoms with Crippen molar-refractivity contribution in [3.05, 3.63) is 48.1 Å². The van der Waals surface area contributed by atoms with Crippen molar-refractivity contribution in [2.45, 2.75) is 76.2 Å². The van der Waals surface area contributed by atoms with Gasteiger partial charge < -0.3 is 24.5 Å². The fraction of sp³-hybridized carbons (Fsp3) is 0.519. The Morgan fingerprint density at radius 1 is 1.21 bits per heavy atom. The molecule has 180 valence electrons. The van der Waals surface area contributed by atoms with Crippen molar-refractivity contribution in [1.82, 2.24) is 9.88 Å². The Bertz CT molecular complexity index is 1210. The number of piperidine rings is 2. The van der Waals surface area contributed by atoms with Crippen molar-refractivity contribution < 1.29 is 23.8 Å². The number of halogens is 1. The third-order valence-corrected chi connectivity index (χ3v) is 8.55. The molecular weight excluding hydrogens is 435 g/mol. The molecule has 3 atom stereocenters. The molecule has 2 aromatic heterocycles. The molecule has 3 N–H and O–H groups in total. The Kier molecular flexibility index (Phi) is 5.12. The van der Waals surface area contributed by atoms with E-state index in [-0.39, 0.29) is 29.3 Å². The number of rotatable bonds is 6. The molecule has 4 aliphatic rings. The lowest BCUT2D eigenvalue weighted by molar-refractivity contribution is -0.169. The third-order valence-electron chi connectivity index (χ3n) is 8.55. The zero-order chi connectivity index (χ0) is 23.6. The van der Waals surface area contributed by atoms with E-state index in [1.54, 1.807) is 6.07 Å². The van der Waals surface area contributed by atoms with Crippen LogP contribution in [0.2, 0.25) is 0 Å². The molecule has 3 unspecified atom stereocenters. The SMILES string of the molecule is CC(CC(=O)N1C2CC3CC1CC(CC(O)O)(C3)C2)c1c[nH]c2cccc(-c3ccc(F)o3)c12. The number of aromatic amines is 1. The fourth-order valence-electron chi connectivity index (χ4n) is 7.57. The Morgan fingerprint density at radius 3 is 2.65 bits per heavy atom. The normalized spacial score (nSPS) is 28.9. The number of hydrogen-bond donors (Lipinski definition) is 3. The molecule has 2 saturated heterocycles. The van der Waals surface area contributed by atoms with E-state index in [1.165, 1.54) is 6.07 Å². The lowest BCUT2D eigenvalue weighted by atomic mass is 9.54. The summed E-state index contributed by atoms with van der Waals surface area (Å²) in [5, 5.41) is 20.3. The number of fused-ring (bicyclic) bond motifs is 1. The quantitative estimate of drug-likeness (QED) is 0.450. The summed E-state index contributed by atoms with van der Waals surface area (Å²) in [6.45, 7) is 2.07. The number of hydrogen-bond acceptors (Lipinski definition) is 4. The molecule has 7 rings (SSSR count). The molecule has 0 spiro atoms. The van der Waals surface area contributed by atoms with E-state index in [9.17, 15) is 19.4 Å². The number of carbonyl (C=O) groups excluding carboxylic acids is 1. The van der Waals surface area contributed by atoms with Crippen LogP contribution >= 0.6 is 0 Å². The summed E-state index contributed by atoms with van der Waals surface area (Å²) < 4.78 is 18.8. The van der Waals surface area contributed by atoms with Gasteiger partial charge in [-0.2, -0.15) is 4.39 Å². The van der Waals surface area contributed by atoms with Crippen molar-refractivity contribution in [2.24, 2.45) is 11.3 Å². The Labute approximate surface area is 197 Å². The van der Waals surface area contributed by atoms with E-state index in [0.29, 0.717) is 24.5 Å². The number of nitrogens with zero attached hydrogens (tertiary/aromatic N) is 1. The van der Waals surface area contributed by atoms with Gasteiger partial charge in [0.05, 0.1) is 0 Å². The van der Waals surface area contributed by atoms with Gasteiger partial charge in [0.15, 0.2) is 6.29 Å². The maximum atomic E-state index is 13.6. The Morgan fingerprint density at radius 2 is 1.97 bits per heavy atom. The van der Waals surface area contributed by atoms with Crippen LogP contribution in [0.4, 0.5) is 4.39 Å². The summed E-state index contributed by atoms with van der Waals surface area (Å²) in [5.74, 6) is 1.22. The Balaban J connectivity index is 1.25. The predicted octanol–water partition coefficient (Wildman–Crippen LogP) is 4.92. The number of H-pyrrole nitrogens is 1. The highest BCUT2D eigenvalue weighted by Gasteiger charge is 2.55. The summed E-state index contributed by atoms with van der Waals surface area (Å²) in [6, 6.07) is 8.55. The third kappa shape index (κ3) is 3.57. The van der Waals surface area contributed by atoms with Crippen molar-refractivity contribution in [3.63, 3.8) is 0 Å². The second-order valence-electron chi connectivity index (χ2n) is 10.9. The summed E-state index contributed by atoms with van der Waals surface area (Å²) in [7, 11) is 0. The number of aliphatic hydroxyl groups excluding tert-OH is 1. The van der Waals surface area contributed by atoms with Crippen LogP contribution < -0.4 is 0 Å². The molecule has 6 nitrogen and oxygen atoms in total. The smallest absolute Gasteiger partial charge is 0.278 e. The number of benzene rings is 1. The first-order valence-corrected chi connectivity index (χ1v) is 12.3. The number of carbonyl (C=O) groups is 1. The van der Waals surface area contributed by atoms with Gasteiger partial charge in [0.2, 0.25) is 5.91 Å². The van der Waals surface area contributed by atoms with Crippen LogP contribution in [0.1, 0.15) is 63.4 Å². The highest BCUT2D eigenvalue weighted by Crippen LogP contribution is 2.58. The van der Waals surface area contributed by atoms with E-state index in [2.05, 4.69) is 16.8 Å². The summed E-state index contributed by atoms with van der Waals surface area (Å²) >= 11 is 0. The lowest BCUT2D eigenvalue weighted by Gasteiger charge is -2.62. The van der Waals surface area contributed by atoms with Gasteiger partial charge in [0.25, 0.3) is 6.01 Å². The van der Waals surface area contributed by atoms with Gasteiger partial charge in [-0.1, -0.05) is 19.1 Å². The average Bonchev–Trinajstić information content (AvgIpc) is 3.38. The molecule has 1 amide bonds. The first-order chi connectivity index (χ1) is 16.3. The molecule has 4 fully saturated rings. The maximum absolute atomic E-state index is 13.6.